The number of ether oxygens (including phenoxy) is 1. The van der Waals surface area contributed by atoms with Crippen molar-refractivity contribution in [3.8, 4) is 5.75 Å². The zero-order valence-corrected chi connectivity index (χ0v) is 16.4. The number of hydrogen-bond acceptors (Lipinski definition) is 3. The molecular formula is C22H26F2N2O2. The molecule has 0 saturated carbocycles. The first kappa shape index (κ1) is 20.2. The van der Waals surface area contributed by atoms with Gasteiger partial charge in [0.1, 0.15) is 5.75 Å². The summed E-state index contributed by atoms with van der Waals surface area (Å²) in [7, 11) is 1.63. The summed E-state index contributed by atoms with van der Waals surface area (Å²) in [6, 6.07) is 9.69. The van der Waals surface area contributed by atoms with E-state index in [9.17, 15) is 13.6 Å². The number of likely N-dealkylation sites (N-methyl/N-ethyl adjacent to an activating group) is 1. The second-order valence-electron chi connectivity index (χ2n) is 7.24. The predicted octanol–water partition coefficient (Wildman–Crippen LogP) is 5.14. The zero-order valence-electron chi connectivity index (χ0n) is 16.4. The quantitative estimate of drug-likeness (QED) is 0.688. The number of fused-ring (bicyclic) bond motifs is 1. The van der Waals surface area contributed by atoms with Gasteiger partial charge in [-0.2, -0.15) is 0 Å². The highest BCUT2D eigenvalue weighted by Gasteiger charge is 2.29. The van der Waals surface area contributed by atoms with Gasteiger partial charge in [-0.3, -0.25) is 4.98 Å². The monoisotopic (exact) mass is 388 g/mol. The Morgan fingerprint density at radius 3 is 2.79 bits per heavy atom. The molecule has 28 heavy (non-hydrogen) atoms. The molecular weight excluding hydrogens is 362 g/mol. The highest BCUT2D eigenvalue weighted by atomic mass is 19.3. The van der Waals surface area contributed by atoms with Gasteiger partial charge in [0.15, 0.2) is 0 Å². The fourth-order valence-electron chi connectivity index (χ4n) is 3.31. The van der Waals surface area contributed by atoms with Crippen molar-refractivity contribution in [3.05, 3.63) is 58.9 Å². The molecule has 2 aromatic rings. The normalized spacial score (nSPS) is 13.7. The van der Waals surface area contributed by atoms with Crippen molar-refractivity contribution < 1.29 is 18.3 Å². The molecule has 1 heterocycles. The second-order valence-corrected chi connectivity index (χ2v) is 7.24. The Hall–Kier alpha value is -2.50. The molecule has 0 fully saturated rings. The first-order chi connectivity index (χ1) is 13.4. The van der Waals surface area contributed by atoms with Gasteiger partial charge in [-0.25, -0.2) is 13.6 Å². The standard InChI is InChI=1S/C22H26F2N2O2/c1-3-22(23,24)17-8-6-9-19(15-17)28-21(27)26(2)14-13-18-12-11-16-7-4-5-10-20(16)25-18/h6,8-9,11-12,15H,3-5,7,10,13-14H2,1-2H3. The molecule has 0 saturated heterocycles. The van der Waals surface area contributed by atoms with Crippen LogP contribution in [-0.4, -0.2) is 29.6 Å². The van der Waals surface area contributed by atoms with E-state index in [1.165, 1.54) is 60.2 Å². The van der Waals surface area contributed by atoms with Gasteiger partial charge < -0.3 is 9.64 Å². The third kappa shape index (κ3) is 4.86. The molecule has 6 heteroatoms. The average Bonchev–Trinajstić information content (AvgIpc) is 2.72. The number of benzene rings is 1. The van der Waals surface area contributed by atoms with Gasteiger partial charge in [-0.15, -0.1) is 0 Å². The number of carbonyl (C=O) groups excluding carboxylic acids is 1. The van der Waals surface area contributed by atoms with Crippen molar-refractivity contribution in [1.29, 1.82) is 0 Å². The first-order valence-corrected chi connectivity index (χ1v) is 9.78. The number of rotatable bonds is 6. The number of aryl methyl sites for hydroxylation is 2. The van der Waals surface area contributed by atoms with E-state index < -0.39 is 12.0 Å². The third-order valence-corrected chi connectivity index (χ3v) is 5.16. The minimum Gasteiger partial charge on any atom is -0.410 e. The molecule has 1 aromatic carbocycles. The topological polar surface area (TPSA) is 42.4 Å². The third-order valence-electron chi connectivity index (χ3n) is 5.16. The lowest BCUT2D eigenvalue weighted by Gasteiger charge is -2.19. The van der Waals surface area contributed by atoms with Gasteiger partial charge in [-0.1, -0.05) is 25.1 Å². The highest BCUT2D eigenvalue weighted by molar-refractivity contribution is 5.70. The number of nitrogens with zero attached hydrogens (tertiary/aromatic N) is 2. The van der Waals surface area contributed by atoms with Crippen LogP contribution in [0.3, 0.4) is 0 Å². The summed E-state index contributed by atoms with van der Waals surface area (Å²) in [5.74, 6) is -2.82. The van der Waals surface area contributed by atoms with Crippen LogP contribution in [0, 0.1) is 0 Å². The van der Waals surface area contributed by atoms with E-state index in [1.54, 1.807) is 7.05 Å². The predicted molar refractivity (Wildman–Crippen MR) is 104 cm³/mol. The summed E-state index contributed by atoms with van der Waals surface area (Å²) in [4.78, 5) is 18.4. The molecule has 0 aliphatic heterocycles. The SMILES string of the molecule is CCC(F)(F)c1cccc(OC(=O)N(C)CCc2ccc3c(n2)CCCC3)c1. The second kappa shape index (κ2) is 8.67. The number of alkyl halides is 2. The lowest BCUT2D eigenvalue weighted by atomic mass is 9.96. The fourth-order valence-corrected chi connectivity index (χ4v) is 3.31. The minimum atomic E-state index is -2.94. The largest absolute Gasteiger partial charge is 0.414 e. The maximum atomic E-state index is 13.8. The van der Waals surface area contributed by atoms with Crippen LogP contribution in [0.25, 0.3) is 0 Å². The molecule has 1 aliphatic carbocycles. The summed E-state index contributed by atoms with van der Waals surface area (Å²) in [5.41, 5.74) is 3.29. The number of carbonyl (C=O) groups is 1. The van der Waals surface area contributed by atoms with Crippen LogP contribution in [0.15, 0.2) is 36.4 Å². The number of pyridine rings is 1. The van der Waals surface area contributed by atoms with E-state index in [0.29, 0.717) is 13.0 Å². The van der Waals surface area contributed by atoms with Gasteiger partial charge in [-0.05, 0) is 49.4 Å². The van der Waals surface area contributed by atoms with Crippen molar-refractivity contribution in [2.75, 3.05) is 13.6 Å². The van der Waals surface area contributed by atoms with Gasteiger partial charge in [0.2, 0.25) is 0 Å². The maximum Gasteiger partial charge on any atom is 0.414 e. The first-order valence-electron chi connectivity index (χ1n) is 9.78. The molecule has 4 nitrogen and oxygen atoms in total. The molecule has 0 N–H and O–H groups in total. The van der Waals surface area contributed by atoms with Crippen molar-refractivity contribution in [3.63, 3.8) is 0 Å². The molecule has 1 amide bonds. The van der Waals surface area contributed by atoms with Gasteiger partial charge in [0.25, 0.3) is 5.92 Å². The van der Waals surface area contributed by atoms with Crippen LogP contribution in [0.2, 0.25) is 0 Å². The molecule has 0 bridgehead atoms. The van der Waals surface area contributed by atoms with E-state index in [1.807, 2.05) is 6.07 Å². The van der Waals surface area contributed by atoms with Gasteiger partial charge in [0, 0.05) is 43.4 Å². The summed E-state index contributed by atoms with van der Waals surface area (Å²) >= 11 is 0. The lowest BCUT2D eigenvalue weighted by Crippen LogP contribution is -2.31. The number of halogens is 2. The smallest absolute Gasteiger partial charge is 0.410 e. The lowest BCUT2D eigenvalue weighted by molar-refractivity contribution is -0.00848. The van der Waals surface area contributed by atoms with E-state index in [-0.39, 0.29) is 17.7 Å². The Balaban J connectivity index is 1.57. The van der Waals surface area contributed by atoms with Crippen LogP contribution in [0.5, 0.6) is 5.75 Å². The van der Waals surface area contributed by atoms with Crippen molar-refractivity contribution in [2.24, 2.45) is 0 Å². The fraction of sp³-hybridized carbons (Fsp3) is 0.455. The highest BCUT2D eigenvalue weighted by Crippen LogP contribution is 2.33. The van der Waals surface area contributed by atoms with Crippen molar-refractivity contribution in [1.82, 2.24) is 9.88 Å². The molecule has 0 atom stereocenters. The molecule has 150 valence electrons. The van der Waals surface area contributed by atoms with Gasteiger partial charge in [0.05, 0.1) is 0 Å². The van der Waals surface area contributed by atoms with Crippen molar-refractivity contribution in [2.45, 2.75) is 51.4 Å². The summed E-state index contributed by atoms with van der Waals surface area (Å²) < 4.78 is 32.9. The molecule has 1 aliphatic rings. The van der Waals surface area contributed by atoms with E-state index in [4.69, 9.17) is 9.72 Å². The van der Waals surface area contributed by atoms with E-state index >= 15 is 0 Å². The van der Waals surface area contributed by atoms with Gasteiger partial charge >= 0.3 is 6.09 Å². The van der Waals surface area contributed by atoms with Crippen LogP contribution >= 0.6 is 0 Å². The minimum absolute atomic E-state index is 0.120. The van der Waals surface area contributed by atoms with Crippen LogP contribution < -0.4 is 4.74 Å². The molecule has 0 spiro atoms. The van der Waals surface area contributed by atoms with Crippen LogP contribution in [-0.2, 0) is 25.2 Å². The Labute approximate surface area is 164 Å². The Bertz CT molecular complexity index is 839. The number of amides is 1. The Morgan fingerprint density at radius 1 is 1.21 bits per heavy atom. The van der Waals surface area contributed by atoms with E-state index in [2.05, 4.69) is 6.07 Å². The van der Waals surface area contributed by atoms with Crippen molar-refractivity contribution >= 4 is 6.09 Å². The molecule has 1 aromatic heterocycles. The zero-order chi connectivity index (χ0) is 20.1. The number of aromatic nitrogens is 1. The van der Waals surface area contributed by atoms with E-state index in [0.717, 1.165) is 18.5 Å². The molecule has 3 rings (SSSR count). The number of hydrogen-bond donors (Lipinski definition) is 0. The summed E-state index contributed by atoms with van der Waals surface area (Å²) in [6.07, 6.45) is 4.23. The van der Waals surface area contributed by atoms with Crippen LogP contribution in [0.4, 0.5) is 13.6 Å². The molecule has 0 unspecified atom stereocenters. The average molecular weight is 388 g/mol. The summed E-state index contributed by atoms with van der Waals surface area (Å²) in [6.45, 7) is 1.86. The Morgan fingerprint density at radius 2 is 2.00 bits per heavy atom. The maximum absolute atomic E-state index is 13.8. The molecule has 0 radical (unpaired) electrons. The van der Waals surface area contributed by atoms with Crippen LogP contribution in [0.1, 0.15) is 48.7 Å². The Kier molecular flexibility index (Phi) is 6.27. The summed E-state index contributed by atoms with van der Waals surface area (Å²) in [5, 5.41) is 0.